The van der Waals surface area contributed by atoms with Crippen molar-refractivity contribution in [1.29, 1.82) is 0 Å². The SMILES string of the molecule is Nc1cc(C(=O)OCC(=O)Nc2cc(F)cc(F)c2)ccc1Cl. The van der Waals surface area contributed by atoms with Gasteiger partial charge in [0.15, 0.2) is 6.61 Å². The molecule has 0 fully saturated rings. The molecule has 8 heteroatoms. The molecule has 0 aliphatic carbocycles. The van der Waals surface area contributed by atoms with Gasteiger partial charge in [-0.2, -0.15) is 0 Å². The summed E-state index contributed by atoms with van der Waals surface area (Å²) >= 11 is 5.73. The Bertz CT molecular complexity index is 748. The van der Waals surface area contributed by atoms with Gasteiger partial charge in [0.1, 0.15) is 11.6 Å². The van der Waals surface area contributed by atoms with Gasteiger partial charge in [0.2, 0.25) is 0 Å². The molecule has 0 radical (unpaired) electrons. The highest BCUT2D eigenvalue weighted by molar-refractivity contribution is 6.33. The summed E-state index contributed by atoms with van der Waals surface area (Å²) in [7, 11) is 0. The normalized spacial score (nSPS) is 10.2. The summed E-state index contributed by atoms with van der Waals surface area (Å²) in [5, 5.41) is 2.49. The van der Waals surface area contributed by atoms with Crippen molar-refractivity contribution in [3.8, 4) is 0 Å². The van der Waals surface area contributed by atoms with E-state index in [0.717, 1.165) is 12.1 Å². The van der Waals surface area contributed by atoms with E-state index in [0.29, 0.717) is 6.07 Å². The minimum absolute atomic E-state index is 0.0840. The van der Waals surface area contributed by atoms with Crippen molar-refractivity contribution >= 4 is 34.9 Å². The van der Waals surface area contributed by atoms with E-state index in [1.807, 2.05) is 0 Å². The maximum atomic E-state index is 13.0. The minimum Gasteiger partial charge on any atom is -0.452 e. The molecule has 120 valence electrons. The molecule has 0 atom stereocenters. The first-order valence-corrected chi connectivity index (χ1v) is 6.71. The van der Waals surface area contributed by atoms with Crippen molar-refractivity contribution in [2.45, 2.75) is 0 Å². The molecule has 5 nitrogen and oxygen atoms in total. The van der Waals surface area contributed by atoms with Crippen molar-refractivity contribution < 1.29 is 23.1 Å². The van der Waals surface area contributed by atoms with Gasteiger partial charge in [-0.05, 0) is 30.3 Å². The van der Waals surface area contributed by atoms with E-state index in [-0.39, 0.29) is 22.0 Å². The number of amides is 1. The molecule has 0 bridgehead atoms. The standard InChI is InChI=1S/C15H11ClF2N2O3/c16-12-2-1-8(3-13(12)19)15(22)23-7-14(21)20-11-5-9(17)4-10(18)6-11/h1-6H,7,19H2,(H,20,21). The molecule has 3 N–H and O–H groups in total. The van der Waals surface area contributed by atoms with Crippen molar-refractivity contribution in [2.75, 3.05) is 17.7 Å². The maximum absolute atomic E-state index is 13.0. The van der Waals surface area contributed by atoms with Crippen LogP contribution in [0, 0.1) is 11.6 Å². The highest BCUT2D eigenvalue weighted by atomic mass is 35.5. The predicted molar refractivity (Wildman–Crippen MR) is 81.1 cm³/mol. The molecule has 2 rings (SSSR count). The summed E-state index contributed by atoms with van der Waals surface area (Å²) in [6.07, 6.45) is 0. The maximum Gasteiger partial charge on any atom is 0.338 e. The van der Waals surface area contributed by atoms with Crippen molar-refractivity contribution in [3.63, 3.8) is 0 Å². The smallest absolute Gasteiger partial charge is 0.338 e. The molecule has 0 spiro atoms. The number of carbonyl (C=O) groups excluding carboxylic acids is 2. The van der Waals surface area contributed by atoms with Crippen LogP contribution in [0.25, 0.3) is 0 Å². The number of anilines is 2. The molecular formula is C15H11ClF2N2O3. The Labute approximate surface area is 135 Å². The van der Waals surface area contributed by atoms with Crippen LogP contribution < -0.4 is 11.1 Å². The molecular weight excluding hydrogens is 330 g/mol. The van der Waals surface area contributed by atoms with Gasteiger partial charge in [0.25, 0.3) is 5.91 Å². The first kappa shape index (κ1) is 16.7. The Morgan fingerprint density at radius 1 is 1.13 bits per heavy atom. The quantitative estimate of drug-likeness (QED) is 0.662. The second kappa shape index (κ2) is 7.06. The number of nitrogens with one attached hydrogen (secondary N) is 1. The molecule has 0 aromatic heterocycles. The lowest BCUT2D eigenvalue weighted by atomic mass is 10.2. The number of nitrogens with two attached hydrogens (primary N) is 1. The van der Waals surface area contributed by atoms with E-state index >= 15 is 0 Å². The summed E-state index contributed by atoms with van der Waals surface area (Å²) < 4.78 is 30.8. The van der Waals surface area contributed by atoms with Gasteiger partial charge in [-0.1, -0.05) is 11.6 Å². The van der Waals surface area contributed by atoms with Crippen LogP contribution in [0.5, 0.6) is 0 Å². The fourth-order valence-corrected chi connectivity index (χ4v) is 1.83. The van der Waals surface area contributed by atoms with Crippen molar-refractivity contribution in [2.24, 2.45) is 0 Å². The minimum atomic E-state index is -0.839. The van der Waals surface area contributed by atoms with Crippen LogP contribution in [0.4, 0.5) is 20.2 Å². The molecule has 1 amide bonds. The third kappa shape index (κ3) is 4.65. The van der Waals surface area contributed by atoms with E-state index in [9.17, 15) is 18.4 Å². The summed E-state index contributed by atoms with van der Waals surface area (Å²) in [5.74, 6) is -3.21. The number of halogens is 3. The zero-order valence-electron chi connectivity index (χ0n) is 11.6. The number of benzene rings is 2. The van der Waals surface area contributed by atoms with Crippen LogP contribution in [-0.2, 0) is 9.53 Å². The number of nitrogen functional groups attached to an aromatic ring is 1. The Balaban J connectivity index is 1.93. The molecule has 2 aromatic rings. The summed E-state index contributed by atoms with van der Waals surface area (Å²) in [5.41, 5.74) is 5.79. The molecule has 0 heterocycles. The van der Waals surface area contributed by atoms with E-state index in [2.05, 4.69) is 5.32 Å². The monoisotopic (exact) mass is 340 g/mol. The largest absolute Gasteiger partial charge is 0.452 e. The van der Waals surface area contributed by atoms with Crippen molar-refractivity contribution in [3.05, 3.63) is 58.6 Å². The molecule has 0 unspecified atom stereocenters. The molecule has 0 saturated heterocycles. The second-order valence-corrected chi connectivity index (χ2v) is 4.93. The van der Waals surface area contributed by atoms with E-state index in [1.54, 1.807) is 0 Å². The number of ether oxygens (including phenoxy) is 1. The lowest BCUT2D eigenvalue weighted by Gasteiger charge is -2.07. The fraction of sp³-hybridized carbons (Fsp3) is 0.0667. The van der Waals surface area contributed by atoms with E-state index in [1.165, 1.54) is 18.2 Å². The molecule has 0 aliphatic heterocycles. The number of rotatable bonds is 4. The number of hydrogen-bond acceptors (Lipinski definition) is 4. The van der Waals surface area contributed by atoms with Crippen molar-refractivity contribution in [1.82, 2.24) is 0 Å². The highest BCUT2D eigenvalue weighted by Gasteiger charge is 2.12. The molecule has 2 aromatic carbocycles. The average Bonchev–Trinajstić information content (AvgIpc) is 2.46. The van der Waals surface area contributed by atoms with Gasteiger partial charge in [0.05, 0.1) is 16.3 Å². The first-order valence-electron chi connectivity index (χ1n) is 6.33. The molecule has 0 aliphatic rings. The van der Waals surface area contributed by atoms with E-state index in [4.69, 9.17) is 22.1 Å². The zero-order valence-corrected chi connectivity index (χ0v) is 12.4. The zero-order chi connectivity index (χ0) is 17.0. The van der Waals surface area contributed by atoms with Gasteiger partial charge in [-0.15, -0.1) is 0 Å². The number of hydrogen-bond donors (Lipinski definition) is 2. The van der Waals surface area contributed by atoms with Gasteiger partial charge >= 0.3 is 5.97 Å². The first-order chi connectivity index (χ1) is 10.8. The summed E-state index contributed by atoms with van der Waals surface area (Å²) in [4.78, 5) is 23.4. The Hall–Kier alpha value is -2.67. The number of carbonyl (C=O) groups is 2. The summed E-state index contributed by atoms with van der Waals surface area (Å²) in [6, 6.07) is 6.65. The van der Waals surface area contributed by atoms with Crippen LogP contribution >= 0.6 is 11.6 Å². The van der Waals surface area contributed by atoms with Crippen LogP contribution in [0.3, 0.4) is 0 Å². The Morgan fingerprint density at radius 2 is 1.78 bits per heavy atom. The van der Waals surface area contributed by atoms with Gasteiger partial charge in [-0.3, -0.25) is 4.79 Å². The topological polar surface area (TPSA) is 81.4 Å². The lowest BCUT2D eigenvalue weighted by Crippen LogP contribution is -2.21. The second-order valence-electron chi connectivity index (χ2n) is 4.52. The third-order valence-electron chi connectivity index (χ3n) is 2.71. The Morgan fingerprint density at radius 3 is 2.39 bits per heavy atom. The van der Waals surface area contributed by atoms with Crippen LogP contribution in [0.1, 0.15) is 10.4 Å². The third-order valence-corrected chi connectivity index (χ3v) is 3.06. The fourth-order valence-electron chi connectivity index (χ4n) is 1.71. The van der Waals surface area contributed by atoms with Crippen LogP contribution in [-0.4, -0.2) is 18.5 Å². The summed E-state index contributed by atoms with van der Waals surface area (Å²) in [6.45, 7) is -0.625. The van der Waals surface area contributed by atoms with Crippen LogP contribution in [0.15, 0.2) is 36.4 Å². The highest BCUT2D eigenvalue weighted by Crippen LogP contribution is 2.20. The van der Waals surface area contributed by atoms with Crippen LogP contribution in [0.2, 0.25) is 5.02 Å². The predicted octanol–water partition coefficient (Wildman–Crippen LogP) is 3.00. The Kier molecular flexibility index (Phi) is 5.13. The van der Waals surface area contributed by atoms with Gasteiger partial charge < -0.3 is 15.8 Å². The van der Waals surface area contributed by atoms with E-state index < -0.39 is 30.1 Å². The lowest BCUT2D eigenvalue weighted by molar-refractivity contribution is -0.119. The van der Waals surface area contributed by atoms with Gasteiger partial charge in [0, 0.05) is 11.8 Å². The molecule has 23 heavy (non-hydrogen) atoms. The number of esters is 1. The average molecular weight is 341 g/mol. The van der Waals surface area contributed by atoms with Gasteiger partial charge in [-0.25, -0.2) is 13.6 Å². The molecule has 0 saturated carbocycles.